The maximum atomic E-state index is 11.9. The molecular weight excluding hydrogens is 366 g/mol. The summed E-state index contributed by atoms with van der Waals surface area (Å²) in [4.78, 5) is 14.0. The van der Waals surface area contributed by atoms with Crippen molar-refractivity contribution in [3.8, 4) is 5.75 Å². The molecule has 1 aliphatic rings. The molecule has 1 aromatic carbocycles. The van der Waals surface area contributed by atoms with Crippen LogP contribution >= 0.6 is 0 Å². The lowest BCUT2D eigenvalue weighted by Crippen LogP contribution is -2.36. The second-order valence-electron chi connectivity index (χ2n) is 7.64. The number of piperidine rings is 1. The Balaban J connectivity index is 1.48. The van der Waals surface area contributed by atoms with Crippen molar-refractivity contribution in [1.82, 2.24) is 15.5 Å². The van der Waals surface area contributed by atoms with Gasteiger partial charge in [0.25, 0.3) is 0 Å². The Hall–Kier alpha value is -2.31. The lowest BCUT2D eigenvalue weighted by Gasteiger charge is -2.23. The second-order valence-corrected chi connectivity index (χ2v) is 7.64. The molecule has 29 heavy (non-hydrogen) atoms. The summed E-state index contributed by atoms with van der Waals surface area (Å²) in [7, 11) is 1.66. The number of nitrogens with one attached hydrogen (secondary N) is 2. The van der Waals surface area contributed by atoms with Crippen molar-refractivity contribution in [1.29, 1.82) is 0 Å². The van der Waals surface area contributed by atoms with Gasteiger partial charge in [0, 0.05) is 19.6 Å². The third-order valence-corrected chi connectivity index (χ3v) is 5.37. The Morgan fingerprint density at radius 3 is 3.00 bits per heavy atom. The van der Waals surface area contributed by atoms with Crippen LogP contribution in [0.15, 0.2) is 47.1 Å². The minimum atomic E-state index is 0.00459. The maximum absolute atomic E-state index is 11.9. The molecule has 1 unspecified atom stereocenters. The summed E-state index contributed by atoms with van der Waals surface area (Å²) in [5, 5.41) is 6.26. The van der Waals surface area contributed by atoms with Crippen LogP contribution in [0.4, 0.5) is 0 Å². The first-order chi connectivity index (χ1) is 14.2. The molecule has 1 fully saturated rings. The van der Waals surface area contributed by atoms with Crippen molar-refractivity contribution >= 4 is 5.91 Å². The van der Waals surface area contributed by atoms with E-state index in [1.165, 1.54) is 24.8 Å². The maximum Gasteiger partial charge on any atom is 0.233 e. The molecule has 0 radical (unpaired) electrons. The van der Waals surface area contributed by atoms with E-state index in [1.807, 2.05) is 24.3 Å². The lowest BCUT2D eigenvalue weighted by atomic mass is 10.0. The van der Waals surface area contributed by atoms with E-state index >= 15 is 0 Å². The molecule has 1 atom stereocenters. The number of carbonyl (C=O) groups is 1. The van der Waals surface area contributed by atoms with E-state index in [0.29, 0.717) is 19.1 Å². The number of rotatable bonds is 11. The first kappa shape index (κ1) is 21.4. The standard InChI is InChI=1S/C23H33N3O3/c1-24-23(27)18-26(17-22-9-5-14-28-22)13-10-19-6-4-8-21(16-19)29-15-11-20-7-2-3-12-25-20/h4-6,8-9,14,16,20,25H,2-3,7,10-13,15,17-18H2,1H3,(H,24,27). The molecule has 0 bridgehead atoms. The van der Waals surface area contributed by atoms with Gasteiger partial charge >= 0.3 is 0 Å². The van der Waals surface area contributed by atoms with Crippen LogP contribution in [0.1, 0.15) is 37.0 Å². The van der Waals surface area contributed by atoms with Crippen LogP contribution in [-0.2, 0) is 17.8 Å². The average molecular weight is 400 g/mol. The Bertz CT molecular complexity index is 727. The number of amides is 1. The number of carbonyl (C=O) groups excluding carboxylic acids is 1. The van der Waals surface area contributed by atoms with Crippen molar-refractivity contribution in [2.75, 3.05) is 33.3 Å². The molecule has 1 aliphatic heterocycles. The lowest BCUT2D eigenvalue weighted by molar-refractivity contribution is -0.121. The van der Waals surface area contributed by atoms with E-state index in [1.54, 1.807) is 13.3 Å². The normalized spacial score (nSPS) is 16.7. The van der Waals surface area contributed by atoms with Crippen LogP contribution in [0.2, 0.25) is 0 Å². The summed E-state index contributed by atoms with van der Waals surface area (Å²) in [6, 6.07) is 12.7. The SMILES string of the molecule is CNC(=O)CN(CCc1cccc(OCCC2CCCCN2)c1)Cc1ccco1. The minimum absolute atomic E-state index is 0.00459. The topological polar surface area (TPSA) is 66.7 Å². The molecule has 6 heteroatoms. The van der Waals surface area contributed by atoms with E-state index in [4.69, 9.17) is 9.15 Å². The molecule has 0 saturated carbocycles. The Morgan fingerprint density at radius 2 is 2.24 bits per heavy atom. The zero-order valence-corrected chi connectivity index (χ0v) is 17.4. The molecular formula is C23H33N3O3. The Labute approximate surface area is 173 Å². The number of benzene rings is 1. The number of likely N-dealkylation sites (N-methyl/N-ethyl adjacent to an activating group) is 1. The van der Waals surface area contributed by atoms with E-state index in [0.717, 1.165) is 44.0 Å². The second kappa shape index (κ2) is 11.6. The van der Waals surface area contributed by atoms with E-state index in [2.05, 4.69) is 27.7 Å². The predicted molar refractivity (Wildman–Crippen MR) is 114 cm³/mol. The molecule has 2 N–H and O–H groups in total. The van der Waals surface area contributed by atoms with Gasteiger partial charge in [0.1, 0.15) is 11.5 Å². The van der Waals surface area contributed by atoms with Crippen LogP contribution < -0.4 is 15.4 Å². The fourth-order valence-electron chi connectivity index (χ4n) is 3.69. The number of nitrogens with zero attached hydrogens (tertiary/aromatic N) is 1. The van der Waals surface area contributed by atoms with Crippen LogP contribution in [0.25, 0.3) is 0 Å². The highest BCUT2D eigenvalue weighted by Gasteiger charge is 2.13. The summed E-state index contributed by atoms with van der Waals surface area (Å²) in [5.74, 6) is 1.79. The van der Waals surface area contributed by atoms with Gasteiger partial charge in [-0.3, -0.25) is 9.69 Å². The van der Waals surface area contributed by atoms with Gasteiger partial charge in [-0.1, -0.05) is 18.6 Å². The van der Waals surface area contributed by atoms with Crippen molar-refractivity contribution in [3.63, 3.8) is 0 Å². The smallest absolute Gasteiger partial charge is 0.233 e. The van der Waals surface area contributed by atoms with Crippen molar-refractivity contribution < 1.29 is 13.9 Å². The molecule has 1 saturated heterocycles. The minimum Gasteiger partial charge on any atom is -0.494 e. The van der Waals surface area contributed by atoms with Gasteiger partial charge in [-0.25, -0.2) is 0 Å². The van der Waals surface area contributed by atoms with Gasteiger partial charge < -0.3 is 19.8 Å². The van der Waals surface area contributed by atoms with Crippen LogP contribution in [0.5, 0.6) is 5.75 Å². The molecule has 2 heterocycles. The summed E-state index contributed by atoms with van der Waals surface area (Å²) in [6.07, 6.45) is 7.41. The Morgan fingerprint density at radius 1 is 1.31 bits per heavy atom. The van der Waals surface area contributed by atoms with Gasteiger partial charge in [0.15, 0.2) is 0 Å². The van der Waals surface area contributed by atoms with E-state index in [-0.39, 0.29) is 5.91 Å². The summed E-state index contributed by atoms with van der Waals surface area (Å²) < 4.78 is 11.4. The van der Waals surface area contributed by atoms with Gasteiger partial charge in [0.2, 0.25) is 5.91 Å². The highest BCUT2D eigenvalue weighted by Crippen LogP contribution is 2.16. The zero-order valence-electron chi connectivity index (χ0n) is 17.4. The highest BCUT2D eigenvalue weighted by molar-refractivity contribution is 5.77. The molecule has 1 aromatic heterocycles. The molecule has 2 aromatic rings. The van der Waals surface area contributed by atoms with E-state index in [9.17, 15) is 4.79 Å². The molecule has 0 aliphatic carbocycles. The molecule has 158 valence electrons. The van der Waals surface area contributed by atoms with Crippen molar-refractivity contribution in [2.24, 2.45) is 0 Å². The van der Waals surface area contributed by atoms with Crippen LogP contribution in [-0.4, -0.2) is 50.1 Å². The number of ether oxygens (including phenoxy) is 1. The van der Waals surface area contributed by atoms with Gasteiger partial charge in [-0.2, -0.15) is 0 Å². The molecule has 6 nitrogen and oxygen atoms in total. The largest absolute Gasteiger partial charge is 0.494 e. The average Bonchev–Trinajstić information content (AvgIpc) is 3.26. The predicted octanol–water partition coefficient (Wildman–Crippen LogP) is 2.98. The van der Waals surface area contributed by atoms with Gasteiger partial charge in [-0.05, 0) is 62.1 Å². The van der Waals surface area contributed by atoms with Crippen molar-refractivity contribution in [3.05, 3.63) is 54.0 Å². The first-order valence-corrected chi connectivity index (χ1v) is 10.6. The quantitative estimate of drug-likeness (QED) is 0.608. The fraction of sp³-hybridized carbons (Fsp3) is 0.522. The van der Waals surface area contributed by atoms with Crippen LogP contribution in [0, 0.1) is 0 Å². The molecule has 0 spiro atoms. The fourth-order valence-corrected chi connectivity index (χ4v) is 3.69. The number of hydrogen-bond donors (Lipinski definition) is 2. The van der Waals surface area contributed by atoms with Crippen LogP contribution in [0.3, 0.4) is 0 Å². The van der Waals surface area contributed by atoms with Gasteiger partial charge in [0.05, 0.1) is 26.0 Å². The molecule has 1 amide bonds. The summed E-state index contributed by atoms with van der Waals surface area (Å²) in [5.41, 5.74) is 1.21. The van der Waals surface area contributed by atoms with Crippen molar-refractivity contribution in [2.45, 2.75) is 44.7 Å². The van der Waals surface area contributed by atoms with Gasteiger partial charge in [-0.15, -0.1) is 0 Å². The molecule has 3 rings (SSSR count). The Kier molecular flexibility index (Phi) is 8.58. The highest BCUT2D eigenvalue weighted by atomic mass is 16.5. The third kappa shape index (κ3) is 7.55. The van der Waals surface area contributed by atoms with E-state index < -0.39 is 0 Å². The summed E-state index contributed by atoms with van der Waals surface area (Å²) in [6.45, 7) is 3.60. The third-order valence-electron chi connectivity index (χ3n) is 5.37. The summed E-state index contributed by atoms with van der Waals surface area (Å²) >= 11 is 0. The number of furan rings is 1. The number of hydrogen-bond acceptors (Lipinski definition) is 5. The zero-order chi connectivity index (χ0) is 20.3. The first-order valence-electron chi connectivity index (χ1n) is 10.6. The monoisotopic (exact) mass is 399 g/mol.